The quantitative estimate of drug-likeness (QED) is 0.375. The van der Waals surface area contributed by atoms with Crippen molar-refractivity contribution in [2.45, 2.75) is 25.0 Å². The van der Waals surface area contributed by atoms with Gasteiger partial charge in [-0.2, -0.15) is 0 Å². The van der Waals surface area contributed by atoms with Crippen LogP contribution in [-0.4, -0.2) is 39.7 Å². The average molecular weight is 398 g/mol. The Morgan fingerprint density at radius 2 is 1.89 bits per heavy atom. The first-order chi connectivity index (χ1) is 13.4. The van der Waals surface area contributed by atoms with Crippen LogP contribution in [-0.2, 0) is 16.6 Å². The molecule has 146 valence electrons. The maximum atomic E-state index is 12.7. The minimum atomic E-state index is -0.618. The molecule has 2 N–H and O–H groups in total. The average Bonchev–Trinajstić information content (AvgIpc) is 2.68. The maximum absolute atomic E-state index is 12.7. The van der Waals surface area contributed by atoms with E-state index in [4.69, 9.17) is 0 Å². The summed E-state index contributed by atoms with van der Waals surface area (Å²) < 4.78 is 1.45. The standard InChI is InChI=1S/C20H22N4O3S/c1-4-21-18(26)12(2)22-17(25)11-28-20-23-16-10-14-8-6-5-7-13(14)9-15(16)19(27)24(20)3/h5-10,12H,4,11H2,1-3H3,(H,21,26)(H,22,25)/t12-/m1/s1. The molecule has 0 aliphatic rings. The maximum Gasteiger partial charge on any atom is 0.261 e. The lowest BCUT2D eigenvalue weighted by Gasteiger charge is -2.13. The van der Waals surface area contributed by atoms with Gasteiger partial charge in [0.2, 0.25) is 11.8 Å². The highest BCUT2D eigenvalue weighted by atomic mass is 32.2. The van der Waals surface area contributed by atoms with E-state index in [-0.39, 0.29) is 23.1 Å². The van der Waals surface area contributed by atoms with Crippen LogP contribution in [0.5, 0.6) is 0 Å². The van der Waals surface area contributed by atoms with Crippen LogP contribution < -0.4 is 16.2 Å². The third-order valence-electron chi connectivity index (χ3n) is 4.36. The Bertz CT molecular complexity index is 1110. The normalized spacial score (nSPS) is 12.1. The Labute approximate surface area is 166 Å². The van der Waals surface area contributed by atoms with Crippen LogP contribution in [0.4, 0.5) is 0 Å². The van der Waals surface area contributed by atoms with Gasteiger partial charge in [-0.3, -0.25) is 19.0 Å². The van der Waals surface area contributed by atoms with Gasteiger partial charge in [0.05, 0.1) is 16.7 Å². The first-order valence-electron chi connectivity index (χ1n) is 9.00. The molecule has 0 spiro atoms. The van der Waals surface area contributed by atoms with Crippen LogP contribution in [0.3, 0.4) is 0 Å². The summed E-state index contributed by atoms with van der Waals surface area (Å²) >= 11 is 1.16. The predicted octanol–water partition coefficient (Wildman–Crippen LogP) is 1.82. The largest absolute Gasteiger partial charge is 0.355 e. The number of likely N-dealkylation sites (N-methyl/N-ethyl adjacent to an activating group) is 1. The molecule has 0 aliphatic heterocycles. The molecular weight excluding hydrogens is 376 g/mol. The van der Waals surface area contributed by atoms with Gasteiger partial charge >= 0.3 is 0 Å². The number of carbonyl (C=O) groups excluding carboxylic acids is 2. The van der Waals surface area contributed by atoms with Crippen molar-refractivity contribution in [3.05, 3.63) is 46.8 Å². The number of benzene rings is 2. The van der Waals surface area contributed by atoms with Crippen molar-refractivity contribution in [2.24, 2.45) is 7.05 Å². The van der Waals surface area contributed by atoms with Gasteiger partial charge in [0.1, 0.15) is 6.04 Å². The van der Waals surface area contributed by atoms with Crippen molar-refractivity contribution in [1.29, 1.82) is 0 Å². The van der Waals surface area contributed by atoms with Gasteiger partial charge in [0.15, 0.2) is 5.16 Å². The number of nitrogens with zero attached hydrogens (tertiary/aromatic N) is 2. The van der Waals surface area contributed by atoms with E-state index < -0.39 is 6.04 Å². The molecule has 0 fully saturated rings. The molecule has 1 heterocycles. The Morgan fingerprint density at radius 3 is 2.57 bits per heavy atom. The minimum absolute atomic E-state index is 0.0586. The summed E-state index contributed by atoms with van der Waals surface area (Å²) in [5.41, 5.74) is 0.440. The van der Waals surface area contributed by atoms with E-state index in [0.717, 1.165) is 22.5 Å². The number of hydrogen-bond donors (Lipinski definition) is 2. The fourth-order valence-electron chi connectivity index (χ4n) is 2.87. The lowest BCUT2D eigenvalue weighted by Crippen LogP contribution is -2.45. The molecule has 7 nitrogen and oxygen atoms in total. The SMILES string of the molecule is CCNC(=O)[C@@H](C)NC(=O)CSc1nc2cc3ccccc3cc2c(=O)n1C. The lowest BCUT2D eigenvalue weighted by atomic mass is 10.1. The van der Waals surface area contributed by atoms with E-state index in [9.17, 15) is 14.4 Å². The van der Waals surface area contributed by atoms with Gasteiger partial charge in [-0.05, 0) is 36.8 Å². The van der Waals surface area contributed by atoms with Gasteiger partial charge in [0, 0.05) is 13.6 Å². The van der Waals surface area contributed by atoms with Crippen molar-refractivity contribution in [2.75, 3.05) is 12.3 Å². The van der Waals surface area contributed by atoms with E-state index in [1.165, 1.54) is 4.57 Å². The smallest absolute Gasteiger partial charge is 0.261 e. The zero-order valence-electron chi connectivity index (χ0n) is 16.0. The zero-order valence-corrected chi connectivity index (χ0v) is 16.8. The molecule has 1 aromatic heterocycles. The van der Waals surface area contributed by atoms with Crippen LogP contribution in [0, 0.1) is 0 Å². The fourth-order valence-corrected chi connectivity index (χ4v) is 3.66. The summed E-state index contributed by atoms with van der Waals surface area (Å²) in [6.45, 7) is 3.95. The van der Waals surface area contributed by atoms with E-state index in [1.807, 2.05) is 43.3 Å². The molecule has 8 heteroatoms. The van der Waals surface area contributed by atoms with Crippen molar-refractivity contribution in [1.82, 2.24) is 20.2 Å². The number of hydrogen-bond acceptors (Lipinski definition) is 5. The highest BCUT2D eigenvalue weighted by molar-refractivity contribution is 7.99. The van der Waals surface area contributed by atoms with Crippen molar-refractivity contribution >= 4 is 45.3 Å². The molecule has 0 saturated heterocycles. The van der Waals surface area contributed by atoms with Gasteiger partial charge < -0.3 is 10.6 Å². The summed E-state index contributed by atoms with van der Waals surface area (Å²) in [6, 6.07) is 10.9. The number of amides is 2. The Hall–Kier alpha value is -2.87. The molecule has 2 aromatic carbocycles. The summed E-state index contributed by atoms with van der Waals surface area (Å²) in [5, 5.41) is 8.27. The second-order valence-corrected chi connectivity index (χ2v) is 7.39. The van der Waals surface area contributed by atoms with Crippen molar-refractivity contribution in [3.8, 4) is 0 Å². The summed E-state index contributed by atoms with van der Waals surface area (Å²) in [5.74, 6) is -0.469. The molecule has 2 amide bonds. The van der Waals surface area contributed by atoms with Gasteiger partial charge in [0.25, 0.3) is 5.56 Å². The van der Waals surface area contributed by atoms with E-state index in [1.54, 1.807) is 14.0 Å². The number of carbonyl (C=O) groups is 2. The Morgan fingerprint density at radius 1 is 1.21 bits per heavy atom. The third kappa shape index (κ3) is 4.17. The van der Waals surface area contributed by atoms with Crippen LogP contribution in [0.1, 0.15) is 13.8 Å². The minimum Gasteiger partial charge on any atom is -0.355 e. The highest BCUT2D eigenvalue weighted by Gasteiger charge is 2.16. The van der Waals surface area contributed by atoms with E-state index >= 15 is 0 Å². The fraction of sp³-hybridized carbons (Fsp3) is 0.300. The summed E-state index contributed by atoms with van der Waals surface area (Å²) in [4.78, 5) is 41.2. The highest BCUT2D eigenvalue weighted by Crippen LogP contribution is 2.22. The summed E-state index contributed by atoms with van der Waals surface area (Å²) in [7, 11) is 1.64. The molecule has 3 rings (SSSR count). The molecule has 3 aromatic rings. The molecule has 28 heavy (non-hydrogen) atoms. The molecule has 0 aliphatic carbocycles. The third-order valence-corrected chi connectivity index (χ3v) is 5.39. The first-order valence-corrected chi connectivity index (χ1v) is 9.98. The number of nitrogens with one attached hydrogen (secondary N) is 2. The topological polar surface area (TPSA) is 93.1 Å². The Balaban J connectivity index is 1.80. The number of rotatable bonds is 6. The molecule has 0 radical (unpaired) electrons. The number of fused-ring (bicyclic) bond motifs is 2. The Kier molecular flexibility index (Phi) is 5.99. The molecule has 0 unspecified atom stereocenters. The molecular formula is C20H22N4O3S. The molecule has 0 bridgehead atoms. The zero-order chi connectivity index (χ0) is 20.3. The lowest BCUT2D eigenvalue weighted by molar-refractivity contribution is -0.127. The first kappa shape index (κ1) is 19.9. The number of aromatic nitrogens is 2. The summed E-state index contributed by atoms with van der Waals surface area (Å²) in [6.07, 6.45) is 0. The predicted molar refractivity (Wildman–Crippen MR) is 112 cm³/mol. The van der Waals surface area contributed by atoms with Crippen molar-refractivity contribution in [3.63, 3.8) is 0 Å². The van der Waals surface area contributed by atoms with Crippen molar-refractivity contribution < 1.29 is 9.59 Å². The van der Waals surface area contributed by atoms with Gasteiger partial charge in [-0.15, -0.1) is 0 Å². The van der Waals surface area contributed by atoms with Crippen LogP contribution in [0.15, 0.2) is 46.3 Å². The van der Waals surface area contributed by atoms with Gasteiger partial charge in [-0.1, -0.05) is 36.0 Å². The molecule has 0 saturated carbocycles. The monoisotopic (exact) mass is 398 g/mol. The van der Waals surface area contributed by atoms with E-state index in [0.29, 0.717) is 22.6 Å². The van der Waals surface area contributed by atoms with Gasteiger partial charge in [-0.25, -0.2) is 4.98 Å². The van der Waals surface area contributed by atoms with Crippen LogP contribution >= 0.6 is 11.8 Å². The van der Waals surface area contributed by atoms with Crippen LogP contribution in [0.2, 0.25) is 0 Å². The number of thioether (sulfide) groups is 1. The van der Waals surface area contributed by atoms with E-state index in [2.05, 4.69) is 15.6 Å². The van der Waals surface area contributed by atoms with Crippen LogP contribution in [0.25, 0.3) is 21.7 Å². The second kappa shape index (κ2) is 8.43. The molecule has 1 atom stereocenters. The second-order valence-electron chi connectivity index (χ2n) is 6.45.